The van der Waals surface area contributed by atoms with Crippen molar-refractivity contribution in [3.8, 4) is 0 Å². The molecule has 0 aromatic heterocycles. The molecule has 0 bridgehead atoms. The number of hydrogen-bond acceptors (Lipinski definition) is 2. The predicted octanol–water partition coefficient (Wildman–Crippen LogP) is 2.90. The van der Waals surface area contributed by atoms with Crippen LogP contribution in [0.15, 0.2) is 30.3 Å². The Morgan fingerprint density at radius 1 is 1.06 bits per heavy atom. The van der Waals surface area contributed by atoms with Crippen LogP contribution in [-0.2, 0) is 11.3 Å². The predicted molar refractivity (Wildman–Crippen MR) is 64.1 cm³/mol. The van der Waals surface area contributed by atoms with Gasteiger partial charge in [-0.25, -0.2) is 0 Å². The van der Waals surface area contributed by atoms with Crippen molar-refractivity contribution in [3.05, 3.63) is 35.9 Å². The van der Waals surface area contributed by atoms with Gasteiger partial charge in [-0.15, -0.1) is 0 Å². The highest BCUT2D eigenvalue weighted by Crippen LogP contribution is 2.21. The molecule has 16 heavy (non-hydrogen) atoms. The Hall–Kier alpha value is -0.860. The maximum atomic E-state index is 9.90. The Kier molecular flexibility index (Phi) is 4.37. The standard InChI is InChI=1S/C14H20O2/c15-13-9-5-2-6-10-14(13)16-11-12-7-3-1-4-8-12/h1,3-4,7-8,13-15H,2,5-6,9-11H2. The Morgan fingerprint density at radius 3 is 2.62 bits per heavy atom. The molecule has 2 heteroatoms. The minimum Gasteiger partial charge on any atom is -0.390 e. The first-order valence-electron chi connectivity index (χ1n) is 6.20. The molecular formula is C14H20O2. The lowest BCUT2D eigenvalue weighted by molar-refractivity contribution is -0.0483. The number of hydrogen-bond donors (Lipinski definition) is 1. The van der Waals surface area contributed by atoms with Gasteiger partial charge in [0.15, 0.2) is 0 Å². The molecule has 0 amide bonds. The highest BCUT2D eigenvalue weighted by Gasteiger charge is 2.21. The van der Waals surface area contributed by atoms with Crippen LogP contribution in [0.3, 0.4) is 0 Å². The van der Waals surface area contributed by atoms with Crippen molar-refractivity contribution in [1.82, 2.24) is 0 Å². The summed E-state index contributed by atoms with van der Waals surface area (Å²) in [6.07, 6.45) is 5.17. The van der Waals surface area contributed by atoms with Crippen molar-refractivity contribution < 1.29 is 9.84 Å². The van der Waals surface area contributed by atoms with Gasteiger partial charge in [-0.1, -0.05) is 49.6 Å². The third-order valence-corrected chi connectivity index (χ3v) is 3.22. The zero-order valence-corrected chi connectivity index (χ0v) is 9.64. The van der Waals surface area contributed by atoms with Crippen LogP contribution in [0.2, 0.25) is 0 Å². The van der Waals surface area contributed by atoms with Crippen molar-refractivity contribution in [2.24, 2.45) is 0 Å². The van der Waals surface area contributed by atoms with E-state index in [0.717, 1.165) is 19.3 Å². The van der Waals surface area contributed by atoms with Crippen molar-refractivity contribution in [3.63, 3.8) is 0 Å². The molecule has 0 aliphatic heterocycles. The molecule has 1 saturated carbocycles. The molecule has 0 heterocycles. The van der Waals surface area contributed by atoms with E-state index in [1.54, 1.807) is 0 Å². The molecule has 2 rings (SSSR count). The maximum Gasteiger partial charge on any atom is 0.0838 e. The Morgan fingerprint density at radius 2 is 1.81 bits per heavy atom. The van der Waals surface area contributed by atoms with Gasteiger partial charge >= 0.3 is 0 Å². The Labute approximate surface area is 97.3 Å². The largest absolute Gasteiger partial charge is 0.390 e. The van der Waals surface area contributed by atoms with Gasteiger partial charge in [0.05, 0.1) is 18.8 Å². The van der Waals surface area contributed by atoms with Crippen LogP contribution in [0.1, 0.15) is 37.7 Å². The molecule has 0 spiro atoms. The lowest BCUT2D eigenvalue weighted by Gasteiger charge is -2.20. The van der Waals surface area contributed by atoms with E-state index in [0.29, 0.717) is 6.61 Å². The average Bonchev–Trinajstić information content (AvgIpc) is 2.53. The lowest BCUT2D eigenvalue weighted by atomic mass is 10.1. The monoisotopic (exact) mass is 220 g/mol. The maximum absolute atomic E-state index is 9.90. The Balaban J connectivity index is 1.84. The first-order valence-corrected chi connectivity index (χ1v) is 6.20. The number of rotatable bonds is 3. The number of aliphatic hydroxyl groups is 1. The summed E-state index contributed by atoms with van der Waals surface area (Å²) in [4.78, 5) is 0. The zero-order valence-electron chi connectivity index (χ0n) is 9.64. The van der Waals surface area contributed by atoms with Gasteiger partial charge in [0.1, 0.15) is 0 Å². The molecule has 88 valence electrons. The zero-order chi connectivity index (χ0) is 11.2. The van der Waals surface area contributed by atoms with Gasteiger partial charge in [-0.2, -0.15) is 0 Å². The second-order valence-corrected chi connectivity index (χ2v) is 4.54. The van der Waals surface area contributed by atoms with E-state index in [4.69, 9.17) is 4.74 Å². The first kappa shape index (κ1) is 11.6. The smallest absolute Gasteiger partial charge is 0.0838 e. The quantitative estimate of drug-likeness (QED) is 0.794. The van der Waals surface area contributed by atoms with E-state index in [2.05, 4.69) is 12.1 Å². The van der Waals surface area contributed by atoms with Crippen molar-refractivity contribution >= 4 is 0 Å². The summed E-state index contributed by atoms with van der Waals surface area (Å²) in [6, 6.07) is 10.2. The minimum absolute atomic E-state index is 0.0303. The van der Waals surface area contributed by atoms with Gasteiger partial charge in [0.2, 0.25) is 0 Å². The van der Waals surface area contributed by atoms with E-state index in [1.807, 2.05) is 18.2 Å². The van der Waals surface area contributed by atoms with Gasteiger partial charge < -0.3 is 9.84 Å². The summed E-state index contributed by atoms with van der Waals surface area (Å²) in [5, 5.41) is 9.90. The molecule has 2 atom stereocenters. The summed E-state index contributed by atoms with van der Waals surface area (Å²) in [7, 11) is 0. The molecule has 0 saturated heterocycles. The highest BCUT2D eigenvalue weighted by molar-refractivity contribution is 5.13. The Bertz CT molecular complexity index is 297. The normalized spacial score (nSPS) is 26.3. The van der Waals surface area contributed by atoms with Crippen LogP contribution in [0.5, 0.6) is 0 Å². The molecule has 1 fully saturated rings. The fourth-order valence-corrected chi connectivity index (χ4v) is 2.23. The lowest BCUT2D eigenvalue weighted by Crippen LogP contribution is -2.27. The molecule has 1 aromatic carbocycles. The van der Waals surface area contributed by atoms with Gasteiger partial charge in [0.25, 0.3) is 0 Å². The average molecular weight is 220 g/mol. The molecule has 1 aliphatic rings. The summed E-state index contributed by atoms with van der Waals surface area (Å²) in [6.45, 7) is 0.614. The third kappa shape index (κ3) is 3.32. The first-order chi connectivity index (χ1) is 7.86. The van der Waals surface area contributed by atoms with Gasteiger partial charge in [-0.05, 0) is 18.4 Å². The molecule has 1 aromatic rings. The van der Waals surface area contributed by atoms with Crippen molar-refractivity contribution in [2.75, 3.05) is 0 Å². The van der Waals surface area contributed by atoms with E-state index in [1.165, 1.54) is 18.4 Å². The van der Waals surface area contributed by atoms with Crippen LogP contribution >= 0.6 is 0 Å². The summed E-state index contributed by atoms with van der Waals surface area (Å²) in [5.41, 5.74) is 1.18. The number of ether oxygens (including phenoxy) is 1. The SMILES string of the molecule is OC1CCCCCC1OCc1ccccc1. The van der Waals surface area contributed by atoms with E-state index >= 15 is 0 Å². The number of aliphatic hydroxyl groups excluding tert-OH is 1. The fourth-order valence-electron chi connectivity index (χ4n) is 2.23. The third-order valence-electron chi connectivity index (χ3n) is 3.22. The molecule has 2 unspecified atom stereocenters. The highest BCUT2D eigenvalue weighted by atomic mass is 16.5. The number of benzene rings is 1. The topological polar surface area (TPSA) is 29.5 Å². The fraction of sp³-hybridized carbons (Fsp3) is 0.571. The van der Waals surface area contributed by atoms with Crippen LogP contribution in [-0.4, -0.2) is 17.3 Å². The summed E-state index contributed by atoms with van der Waals surface area (Å²) in [5.74, 6) is 0. The van der Waals surface area contributed by atoms with Crippen molar-refractivity contribution in [2.45, 2.75) is 50.9 Å². The second kappa shape index (κ2) is 6.02. The van der Waals surface area contributed by atoms with Crippen molar-refractivity contribution in [1.29, 1.82) is 0 Å². The van der Waals surface area contributed by atoms with E-state index in [-0.39, 0.29) is 12.2 Å². The minimum atomic E-state index is -0.272. The van der Waals surface area contributed by atoms with E-state index in [9.17, 15) is 5.11 Å². The van der Waals surface area contributed by atoms with Gasteiger partial charge in [0, 0.05) is 0 Å². The van der Waals surface area contributed by atoms with Crippen LogP contribution < -0.4 is 0 Å². The molecular weight excluding hydrogens is 200 g/mol. The molecule has 1 aliphatic carbocycles. The summed E-state index contributed by atoms with van der Waals surface area (Å²) >= 11 is 0. The second-order valence-electron chi connectivity index (χ2n) is 4.54. The molecule has 1 N–H and O–H groups in total. The van der Waals surface area contributed by atoms with Crippen LogP contribution in [0.4, 0.5) is 0 Å². The van der Waals surface area contributed by atoms with Crippen LogP contribution in [0.25, 0.3) is 0 Å². The van der Waals surface area contributed by atoms with E-state index < -0.39 is 0 Å². The molecule has 0 radical (unpaired) electrons. The summed E-state index contributed by atoms with van der Waals surface area (Å²) < 4.78 is 5.81. The molecule has 2 nitrogen and oxygen atoms in total. The van der Waals surface area contributed by atoms with Gasteiger partial charge in [-0.3, -0.25) is 0 Å². The van der Waals surface area contributed by atoms with Crippen LogP contribution in [0, 0.1) is 0 Å².